The lowest BCUT2D eigenvalue weighted by atomic mass is 10.2. The summed E-state index contributed by atoms with van der Waals surface area (Å²) in [6.45, 7) is 7.17. The Bertz CT molecular complexity index is 657. The third-order valence-electron chi connectivity index (χ3n) is 4.05. The van der Waals surface area contributed by atoms with Crippen LogP contribution < -0.4 is 0 Å². The van der Waals surface area contributed by atoms with Gasteiger partial charge in [-0.1, -0.05) is 25.1 Å². The number of hydrogen-bond donors (Lipinski definition) is 2. The number of carboxylic acids is 2. The Morgan fingerprint density at radius 1 is 1.04 bits per heavy atom. The van der Waals surface area contributed by atoms with Crippen LogP contribution in [0.5, 0.6) is 0 Å². The molecule has 1 aromatic carbocycles. The van der Waals surface area contributed by atoms with Gasteiger partial charge in [0.25, 0.3) is 0 Å². The molecule has 0 aromatic heterocycles. The van der Waals surface area contributed by atoms with Crippen LogP contribution >= 0.6 is 0 Å². The molecule has 0 saturated carbocycles. The van der Waals surface area contributed by atoms with E-state index in [1.54, 1.807) is 28.6 Å². The lowest BCUT2D eigenvalue weighted by Gasteiger charge is -2.37. The molecule has 0 amide bonds. The first-order chi connectivity index (χ1) is 11.7. The summed E-state index contributed by atoms with van der Waals surface area (Å²) < 4.78 is 26.5. The van der Waals surface area contributed by atoms with E-state index in [0.29, 0.717) is 24.0 Å². The average Bonchev–Trinajstić information content (AvgIpc) is 2.62. The quantitative estimate of drug-likeness (QED) is 0.756. The van der Waals surface area contributed by atoms with Crippen LogP contribution in [0.3, 0.4) is 0 Å². The number of carbonyl (C=O) groups is 2. The first-order valence-corrected chi connectivity index (χ1v) is 9.39. The number of sulfonamides is 1. The fraction of sp³-hybridized carbons (Fsp3) is 0.500. The van der Waals surface area contributed by atoms with Gasteiger partial charge in [-0.15, -0.1) is 0 Å². The van der Waals surface area contributed by atoms with E-state index in [0.717, 1.165) is 19.5 Å². The highest BCUT2D eigenvalue weighted by Gasteiger charge is 2.29. The van der Waals surface area contributed by atoms with E-state index in [-0.39, 0.29) is 0 Å². The molecular formula is C16H24N2O6S. The number of rotatable bonds is 4. The molecule has 9 heteroatoms. The van der Waals surface area contributed by atoms with E-state index in [1.165, 1.54) is 0 Å². The van der Waals surface area contributed by atoms with E-state index >= 15 is 0 Å². The molecule has 1 unspecified atom stereocenters. The minimum Gasteiger partial charge on any atom is -0.473 e. The third-order valence-corrected chi connectivity index (χ3v) is 5.96. The lowest BCUT2D eigenvalue weighted by molar-refractivity contribution is -0.159. The van der Waals surface area contributed by atoms with Gasteiger partial charge in [-0.25, -0.2) is 18.0 Å². The van der Waals surface area contributed by atoms with Crippen molar-refractivity contribution >= 4 is 22.0 Å². The molecule has 1 fully saturated rings. The van der Waals surface area contributed by atoms with Gasteiger partial charge in [0.15, 0.2) is 0 Å². The Kier molecular flexibility index (Phi) is 8.01. The van der Waals surface area contributed by atoms with Crippen LogP contribution in [-0.4, -0.2) is 72.0 Å². The molecule has 1 heterocycles. The maximum Gasteiger partial charge on any atom is 0.414 e. The first kappa shape index (κ1) is 21.1. The van der Waals surface area contributed by atoms with Crippen LogP contribution in [0.1, 0.15) is 20.3 Å². The second-order valence-corrected chi connectivity index (χ2v) is 7.56. The van der Waals surface area contributed by atoms with Gasteiger partial charge in [-0.05, 0) is 25.5 Å². The summed E-state index contributed by atoms with van der Waals surface area (Å²) in [7, 11) is -3.31. The van der Waals surface area contributed by atoms with Gasteiger partial charge in [0.2, 0.25) is 10.0 Å². The van der Waals surface area contributed by atoms with E-state index in [9.17, 15) is 8.42 Å². The van der Waals surface area contributed by atoms with Crippen molar-refractivity contribution in [1.29, 1.82) is 0 Å². The van der Waals surface area contributed by atoms with Crippen molar-refractivity contribution in [2.75, 3.05) is 26.2 Å². The highest BCUT2D eigenvalue weighted by Crippen LogP contribution is 2.18. The lowest BCUT2D eigenvalue weighted by Crippen LogP contribution is -2.51. The molecule has 2 rings (SSSR count). The van der Waals surface area contributed by atoms with Gasteiger partial charge >= 0.3 is 11.9 Å². The van der Waals surface area contributed by atoms with E-state index in [2.05, 4.69) is 18.7 Å². The van der Waals surface area contributed by atoms with E-state index in [1.807, 2.05) is 6.07 Å². The Morgan fingerprint density at radius 2 is 1.52 bits per heavy atom. The number of aliphatic carboxylic acids is 2. The van der Waals surface area contributed by atoms with Gasteiger partial charge in [0.05, 0.1) is 4.90 Å². The van der Waals surface area contributed by atoms with Crippen molar-refractivity contribution in [3.63, 3.8) is 0 Å². The van der Waals surface area contributed by atoms with Gasteiger partial charge in [0.1, 0.15) is 0 Å². The zero-order valence-electron chi connectivity index (χ0n) is 14.3. The average molecular weight is 372 g/mol. The minimum absolute atomic E-state index is 0.395. The van der Waals surface area contributed by atoms with Gasteiger partial charge in [-0.3, -0.25) is 4.90 Å². The molecule has 1 aliphatic heterocycles. The molecule has 1 aliphatic rings. The molecule has 140 valence electrons. The van der Waals surface area contributed by atoms with E-state index in [4.69, 9.17) is 19.8 Å². The van der Waals surface area contributed by atoms with Crippen molar-refractivity contribution in [3.8, 4) is 0 Å². The normalized spacial score (nSPS) is 17.2. The molecule has 0 bridgehead atoms. The van der Waals surface area contributed by atoms with Gasteiger partial charge in [0, 0.05) is 32.2 Å². The predicted molar refractivity (Wildman–Crippen MR) is 91.8 cm³/mol. The summed E-state index contributed by atoms with van der Waals surface area (Å²) in [5.74, 6) is -3.65. The van der Waals surface area contributed by atoms with Crippen molar-refractivity contribution in [2.24, 2.45) is 0 Å². The Balaban J connectivity index is 0.000000450. The molecule has 0 radical (unpaired) electrons. The fourth-order valence-corrected chi connectivity index (χ4v) is 3.83. The van der Waals surface area contributed by atoms with Crippen LogP contribution in [0.25, 0.3) is 0 Å². The number of nitrogens with zero attached hydrogens (tertiary/aromatic N) is 2. The smallest absolute Gasteiger partial charge is 0.414 e. The summed E-state index contributed by atoms with van der Waals surface area (Å²) in [5, 5.41) is 14.8. The maximum absolute atomic E-state index is 12.4. The second kappa shape index (κ2) is 9.50. The number of carboxylic acid groups (broad SMARTS) is 2. The van der Waals surface area contributed by atoms with E-state index < -0.39 is 22.0 Å². The maximum atomic E-state index is 12.4. The molecule has 1 aromatic rings. The molecule has 0 aliphatic carbocycles. The third kappa shape index (κ3) is 6.11. The highest BCUT2D eigenvalue weighted by atomic mass is 32.2. The summed E-state index contributed by atoms with van der Waals surface area (Å²) in [5.41, 5.74) is 0. The second-order valence-electron chi connectivity index (χ2n) is 5.62. The zero-order valence-corrected chi connectivity index (χ0v) is 15.1. The van der Waals surface area contributed by atoms with Crippen LogP contribution in [-0.2, 0) is 19.6 Å². The Hall–Kier alpha value is -1.97. The molecule has 1 saturated heterocycles. The number of piperazine rings is 1. The molecule has 8 nitrogen and oxygen atoms in total. The van der Waals surface area contributed by atoms with Crippen molar-refractivity contribution in [2.45, 2.75) is 31.2 Å². The number of hydrogen-bond acceptors (Lipinski definition) is 5. The van der Waals surface area contributed by atoms with Gasteiger partial charge in [-0.2, -0.15) is 4.31 Å². The monoisotopic (exact) mass is 372 g/mol. The number of benzene rings is 1. The summed E-state index contributed by atoms with van der Waals surface area (Å²) in [4.78, 5) is 21.0. The predicted octanol–water partition coefficient (Wildman–Crippen LogP) is 0.947. The molecular weight excluding hydrogens is 348 g/mol. The minimum atomic E-state index is -3.31. The zero-order chi connectivity index (χ0) is 19.0. The first-order valence-electron chi connectivity index (χ1n) is 7.95. The Labute approximate surface area is 147 Å². The highest BCUT2D eigenvalue weighted by molar-refractivity contribution is 7.89. The van der Waals surface area contributed by atoms with Gasteiger partial charge < -0.3 is 10.2 Å². The Morgan fingerprint density at radius 3 is 1.92 bits per heavy atom. The SMILES string of the molecule is CCC(C)N1CCN(S(=O)(=O)c2ccccc2)CC1.O=C(O)C(=O)O. The largest absolute Gasteiger partial charge is 0.473 e. The summed E-state index contributed by atoms with van der Waals surface area (Å²) in [6.07, 6.45) is 1.10. The molecule has 2 N–H and O–H groups in total. The standard InChI is InChI=1S/C14H22N2O2S.C2H2O4/c1-3-13(2)15-9-11-16(12-10-15)19(17,18)14-7-5-4-6-8-14;3-1(4)2(5)6/h4-8,13H,3,9-12H2,1-2H3;(H,3,4)(H,5,6). The molecule has 25 heavy (non-hydrogen) atoms. The van der Waals surface area contributed by atoms with Crippen molar-refractivity contribution < 1.29 is 28.2 Å². The van der Waals surface area contributed by atoms with Crippen molar-refractivity contribution in [3.05, 3.63) is 30.3 Å². The van der Waals surface area contributed by atoms with Crippen LogP contribution in [0.15, 0.2) is 35.2 Å². The van der Waals surface area contributed by atoms with Crippen molar-refractivity contribution in [1.82, 2.24) is 9.21 Å². The van der Waals surface area contributed by atoms with Crippen LogP contribution in [0, 0.1) is 0 Å². The molecule has 0 spiro atoms. The fourth-order valence-electron chi connectivity index (χ4n) is 2.38. The van der Waals surface area contributed by atoms with Crippen LogP contribution in [0.4, 0.5) is 0 Å². The summed E-state index contributed by atoms with van der Waals surface area (Å²) >= 11 is 0. The molecule has 1 atom stereocenters. The summed E-state index contributed by atoms with van der Waals surface area (Å²) in [6, 6.07) is 9.22. The topological polar surface area (TPSA) is 115 Å². The van der Waals surface area contributed by atoms with Crippen LogP contribution in [0.2, 0.25) is 0 Å².